The van der Waals surface area contributed by atoms with E-state index in [9.17, 15) is 0 Å². The largest absolute Gasteiger partial charge is 0.314 e. The fraction of sp³-hybridized carbons (Fsp3) is 0.273. The molecule has 0 radical (unpaired) electrons. The molecule has 2 aliphatic rings. The highest BCUT2D eigenvalue weighted by Gasteiger charge is 2.39. The van der Waals surface area contributed by atoms with Gasteiger partial charge in [0.2, 0.25) is 0 Å². The molecule has 1 fully saturated rings. The van der Waals surface area contributed by atoms with Crippen LogP contribution in [-0.4, -0.2) is 13.1 Å². The van der Waals surface area contributed by atoms with E-state index in [4.69, 9.17) is 0 Å². The van der Waals surface area contributed by atoms with Gasteiger partial charge in [-0.2, -0.15) is 0 Å². The maximum atomic E-state index is 3.33. The third-order valence-corrected chi connectivity index (χ3v) is 2.96. The minimum atomic E-state index is 0.358. The molecule has 0 bridgehead atoms. The molecule has 1 heterocycles. The predicted molar refractivity (Wildman–Crippen MR) is 50.0 cm³/mol. The zero-order chi connectivity index (χ0) is 8.02. The highest BCUT2D eigenvalue weighted by atomic mass is 15.0. The van der Waals surface area contributed by atoms with Gasteiger partial charge in [-0.25, -0.2) is 0 Å². The van der Waals surface area contributed by atoms with Crippen molar-refractivity contribution in [3.63, 3.8) is 0 Å². The summed E-state index contributed by atoms with van der Waals surface area (Å²) in [5.41, 5.74) is 3.26. The molecule has 1 saturated heterocycles. The van der Waals surface area contributed by atoms with Gasteiger partial charge in [0.15, 0.2) is 0 Å². The molecule has 0 unspecified atom stereocenters. The number of nitrogens with one attached hydrogen (secondary N) is 1. The zero-order valence-electron chi connectivity index (χ0n) is 6.88. The predicted octanol–water partition coefficient (Wildman–Crippen LogP) is 1.55. The second-order valence-electron chi connectivity index (χ2n) is 3.68. The Labute approximate surface area is 72.1 Å². The molecule has 60 valence electrons. The van der Waals surface area contributed by atoms with E-state index < -0.39 is 0 Å². The number of fused-ring (bicyclic) bond motifs is 2. The Bertz CT molecular complexity index is 348. The van der Waals surface area contributed by atoms with Gasteiger partial charge in [-0.3, -0.25) is 0 Å². The van der Waals surface area contributed by atoms with Crippen LogP contribution < -0.4 is 5.32 Å². The molecule has 1 aliphatic carbocycles. The molecule has 0 amide bonds. The first-order valence-corrected chi connectivity index (χ1v) is 4.40. The molecule has 0 saturated carbocycles. The van der Waals surface area contributed by atoms with Gasteiger partial charge in [0.05, 0.1) is 0 Å². The van der Waals surface area contributed by atoms with E-state index in [-0.39, 0.29) is 0 Å². The lowest BCUT2D eigenvalue weighted by atomic mass is 9.77. The van der Waals surface area contributed by atoms with Crippen LogP contribution >= 0.6 is 0 Å². The summed E-state index contributed by atoms with van der Waals surface area (Å²) in [7, 11) is 0. The van der Waals surface area contributed by atoms with E-state index in [1.54, 1.807) is 0 Å². The van der Waals surface area contributed by atoms with Gasteiger partial charge < -0.3 is 5.32 Å². The Hall–Kier alpha value is -1.08. The molecule has 1 aromatic rings. The first-order chi connectivity index (χ1) is 5.91. The SMILES string of the molecule is C1=CC2(CNC2)c2ccccc21. The number of benzene rings is 1. The topological polar surface area (TPSA) is 12.0 Å². The van der Waals surface area contributed by atoms with Crippen LogP contribution in [0.2, 0.25) is 0 Å². The molecule has 1 aliphatic heterocycles. The van der Waals surface area contributed by atoms with Crippen LogP contribution in [0.3, 0.4) is 0 Å². The van der Waals surface area contributed by atoms with Gasteiger partial charge in [-0.05, 0) is 11.1 Å². The Morgan fingerprint density at radius 3 is 2.75 bits per heavy atom. The van der Waals surface area contributed by atoms with Gasteiger partial charge in [0.25, 0.3) is 0 Å². The van der Waals surface area contributed by atoms with E-state index in [1.165, 1.54) is 11.1 Å². The Morgan fingerprint density at radius 1 is 1.17 bits per heavy atom. The first-order valence-electron chi connectivity index (χ1n) is 4.40. The molecule has 1 spiro atoms. The molecule has 0 atom stereocenters. The first kappa shape index (κ1) is 6.44. The summed E-state index contributed by atoms with van der Waals surface area (Å²) < 4.78 is 0. The quantitative estimate of drug-likeness (QED) is 0.602. The van der Waals surface area contributed by atoms with Crippen LogP contribution in [0.1, 0.15) is 11.1 Å². The molecule has 0 aromatic heterocycles. The monoisotopic (exact) mass is 157 g/mol. The minimum Gasteiger partial charge on any atom is -0.314 e. The smallest absolute Gasteiger partial charge is 0.0390 e. The van der Waals surface area contributed by atoms with Gasteiger partial charge in [-0.15, -0.1) is 0 Å². The fourth-order valence-corrected chi connectivity index (χ4v) is 2.14. The zero-order valence-corrected chi connectivity index (χ0v) is 6.88. The van der Waals surface area contributed by atoms with Crippen LogP contribution in [-0.2, 0) is 5.41 Å². The fourth-order valence-electron chi connectivity index (χ4n) is 2.14. The molecule has 1 aromatic carbocycles. The van der Waals surface area contributed by atoms with Crippen LogP contribution in [0.5, 0.6) is 0 Å². The maximum Gasteiger partial charge on any atom is 0.0390 e. The van der Waals surface area contributed by atoms with Crippen molar-refractivity contribution in [1.29, 1.82) is 0 Å². The van der Waals surface area contributed by atoms with Crippen LogP contribution in [0.15, 0.2) is 30.3 Å². The molecule has 1 N–H and O–H groups in total. The van der Waals surface area contributed by atoms with Gasteiger partial charge in [0, 0.05) is 18.5 Å². The number of rotatable bonds is 0. The average Bonchev–Trinajstić information content (AvgIpc) is 2.42. The van der Waals surface area contributed by atoms with Crippen molar-refractivity contribution in [2.24, 2.45) is 0 Å². The molecular weight excluding hydrogens is 146 g/mol. The normalized spacial score (nSPS) is 22.3. The standard InChI is InChI=1S/C11H11N/c1-2-4-10-9(3-1)5-6-11(10)7-12-8-11/h1-6,12H,7-8H2. The average molecular weight is 157 g/mol. The lowest BCUT2D eigenvalue weighted by Crippen LogP contribution is -2.54. The van der Waals surface area contributed by atoms with Crippen molar-refractivity contribution < 1.29 is 0 Å². The number of hydrogen-bond acceptors (Lipinski definition) is 1. The second kappa shape index (κ2) is 1.99. The summed E-state index contributed by atoms with van der Waals surface area (Å²) in [5, 5.41) is 3.33. The molecule has 1 heteroatoms. The van der Waals surface area contributed by atoms with Crippen molar-refractivity contribution in [3.05, 3.63) is 41.5 Å². The van der Waals surface area contributed by atoms with E-state index in [2.05, 4.69) is 41.7 Å². The minimum absolute atomic E-state index is 0.358. The van der Waals surface area contributed by atoms with Crippen molar-refractivity contribution >= 4 is 6.08 Å². The molecule has 3 rings (SSSR count). The van der Waals surface area contributed by atoms with E-state index >= 15 is 0 Å². The summed E-state index contributed by atoms with van der Waals surface area (Å²) in [5.74, 6) is 0. The van der Waals surface area contributed by atoms with Crippen LogP contribution in [0, 0.1) is 0 Å². The second-order valence-corrected chi connectivity index (χ2v) is 3.68. The lowest BCUT2D eigenvalue weighted by molar-refractivity contribution is 0.352. The summed E-state index contributed by atoms with van der Waals surface area (Å²) in [4.78, 5) is 0. The highest BCUT2D eigenvalue weighted by Crippen LogP contribution is 2.38. The molecular formula is C11H11N. The third-order valence-electron chi connectivity index (χ3n) is 2.96. The molecule has 1 nitrogen and oxygen atoms in total. The maximum absolute atomic E-state index is 3.33. The van der Waals surface area contributed by atoms with Gasteiger partial charge in [0.1, 0.15) is 0 Å². The van der Waals surface area contributed by atoms with E-state index in [0.29, 0.717) is 5.41 Å². The van der Waals surface area contributed by atoms with Crippen molar-refractivity contribution in [2.45, 2.75) is 5.41 Å². The summed E-state index contributed by atoms with van der Waals surface area (Å²) in [6, 6.07) is 8.68. The summed E-state index contributed by atoms with van der Waals surface area (Å²) in [6.45, 7) is 2.22. The van der Waals surface area contributed by atoms with Crippen molar-refractivity contribution in [1.82, 2.24) is 5.32 Å². The number of hydrogen-bond donors (Lipinski definition) is 1. The summed E-state index contributed by atoms with van der Waals surface area (Å²) >= 11 is 0. The summed E-state index contributed by atoms with van der Waals surface area (Å²) in [6.07, 6.45) is 4.59. The third kappa shape index (κ3) is 0.625. The van der Waals surface area contributed by atoms with E-state index in [0.717, 1.165) is 13.1 Å². The van der Waals surface area contributed by atoms with Crippen molar-refractivity contribution in [2.75, 3.05) is 13.1 Å². The van der Waals surface area contributed by atoms with E-state index in [1.807, 2.05) is 0 Å². The highest BCUT2D eigenvalue weighted by molar-refractivity contribution is 5.66. The Kier molecular flexibility index (Phi) is 1.07. The lowest BCUT2D eigenvalue weighted by Gasteiger charge is -2.39. The van der Waals surface area contributed by atoms with Crippen molar-refractivity contribution in [3.8, 4) is 0 Å². The van der Waals surface area contributed by atoms with Gasteiger partial charge >= 0.3 is 0 Å². The Morgan fingerprint density at radius 2 is 2.00 bits per heavy atom. The Balaban J connectivity index is 2.19. The molecule has 12 heavy (non-hydrogen) atoms. The van der Waals surface area contributed by atoms with Gasteiger partial charge in [-0.1, -0.05) is 36.4 Å². The van der Waals surface area contributed by atoms with Crippen LogP contribution in [0.25, 0.3) is 6.08 Å². The van der Waals surface area contributed by atoms with Crippen LogP contribution in [0.4, 0.5) is 0 Å².